The van der Waals surface area contributed by atoms with E-state index in [2.05, 4.69) is 46.0 Å². The SMILES string of the molecule is CCN1CCN(C2=NC3C(C(=O)NC(=O)N3C)N2Cc2ccccc2C)CC1. The Morgan fingerprint density at radius 3 is 2.54 bits per heavy atom. The number of benzene rings is 1. The van der Waals surface area contributed by atoms with E-state index in [-0.39, 0.29) is 11.9 Å². The fourth-order valence-corrected chi connectivity index (χ4v) is 4.18. The average Bonchev–Trinajstić information content (AvgIpc) is 3.08. The van der Waals surface area contributed by atoms with Crippen LogP contribution >= 0.6 is 0 Å². The molecule has 2 atom stereocenters. The lowest BCUT2D eigenvalue weighted by atomic mass is 10.1. The minimum absolute atomic E-state index is 0.271. The average molecular weight is 384 g/mol. The molecule has 2 saturated heterocycles. The molecule has 0 aliphatic carbocycles. The fourth-order valence-electron chi connectivity index (χ4n) is 4.18. The summed E-state index contributed by atoms with van der Waals surface area (Å²) in [7, 11) is 1.70. The summed E-state index contributed by atoms with van der Waals surface area (Å²) in [5.41, 5.74) is 2.34. The van der Waals surface area contributed by atoms with Crippen molar-refractivity contribution in [2.45, 2.75) is 32.6 Å². The molecule has 150 valence electrons. The number of piperazine rings is 1. The predicted octanol–water partition coefficient (Wildman–Crippen LogP) is 0.680. The maximum atomic E-state index is 12.7. The van der Waals surface area contributed by atoms with Crippen LogP contribution < -0.4 is 5.32 Å². The van der Waals surface area contributed by atoms with Crippen LogP contribution in [0.5, 0.6) is 0 Å². The second-order valence-electron chi connectivity index (χ2n) is 7.67. The van der Waals surface area contributed by atoms with Crippen molar-refractivity contribution in [1.82, 2.24) is 24.9 Å². The molecule has 3 aliphatic heterocycles. The first-order valence-electron chi connectivity index (χ1n) is 9.93. The molecule has 3 heterocycles. The summed E-state index contributed by atoms with van der Waals surface area (Å²) in [5, 5.41) is 2.48. The number of likely N-dealkylation sites (N-methyl/N-ethyl adjacent to an activating group) is 2. The van der Waals surface area contributed by atoms with Crippen molar-refractivity contribution in [2.24, 2.45) is 4.99 Å². The van der Waals surface area contributed by atoms with Crippen LogP contribution in [0.15, 0.2) is 29.3 Å². The van der Waals surface area contributed by atoms with Gasteiger partial charge in [0.1, 0.15) is 0 Å². The van der Waals surface area contributed by atoms with E-state index in [1.54, 1.807) is 7.05 Å². The predicted molar refractivity (Wildman–Crippen MR) is 107 cm³/mol. The van der Waals surface area contributed by atoms with Gasteiger partial charge in [0.15, 0.2) is 18.2 Å². The van der Waals surface area contributed by atoms with Gasteiger partial charge in [0.05, 0.1) is 0 Å². The van der Waals surface area contributed by atoms with Crippen molar-refractivity contribution < 1.29 is 9.59 Å². The highest BCUT2D eigenvalue weighted by Crippen LogP contribution is 2.28. The van der Waals surface area contributed by atoms with Crippen molar-refractivity contribution in [1.29, 1.82) is 0 Å². The number of aliphatic imine (C=N–C) groups is 1. The van der Waals surface area contributed by atoms with Gasteiger partial charge in [-0.25, -0.2) is 9.79 Å². The van der Waals surface area contributed by atoms with E-state index in [4.69, 9.17) is 4.99 Å². The highest BCUT2D eigenvalue weighted by atomic mass is 16.2. The van der Waals surface area contributed by atoms with Crippen LogP contribution in [-0.4, -0.2) is 89.5 Å². The van der Waals surface area contributed by atoms with E-state index < -0.39 is 12.2 Å². The Balaban J connectivity index is 1.65. The van der Waals surface area contributed by atoms with Crippen molar-refractivity contribution in [3.63, 3.8) is 0 Å². The molecule has 1 aromatic carbocycles. The van der Waals surface area contributed by atoms with E-state index in [0.717, 1.165) is 44.2 Å². The van der Waals surface area contributed by atoms with Crippen molar-refractivity contribution >= 4 is 17.9 Å². The Hall–Kier alpha value is -2.61. The Kier molecular flexibility index (Phi) is 4.97. The van der Waals surface area contributed by atoms with Crippen LogP contribution in [-0.2, 0) is 11.3 Å². The second-order valence-corrected chi connectivity index (χ2v) is 7.67. The lowest BCUT2D eigenvalue weighted by molar-refractivity contribution is -0.127. The number of rotatable bonds is 3. The third-order valence-corrected chi connectivity index (χ3v) is 6.04. The van der Waals surface area contributed by atoms with E-state index in [1.165, 1.54) is 10.5 Å². The molecule has 4 rings (SSSR count). The molecule has 28 heavy (non-hydrogen) atoms. The van der Waals surface area contributed by atoms with Gasteiger partial charge in [0.2, 0.25) is 0 Å². The number of fused-ring (bicyclic) bond motifs is 1. The van der Waals surface area contributed by atoms with Gasteiger partial charge in [0.25, 0.3) is 5.91 Å². The topological polar surface area (TPSA) is 71.5 Å². The first kappa shape index (κ1) is 18.7. The third kappa shape index (κ3) is 3.22. The molecule has 0 aromatic heterocycles. The summed E-state index contributed by atoms with van der Waals surface area (Å²) in [4.78, 5) is 38.0. The molecule has 8 nitrogen and oxygen atoms in total. The third-order valence-electron chi connectivity index (χ3n) is 6.04. The second kappa shape index (κ2) is 7.43. The number of nitrogens with zero attached hydrogens (tertiary/aromatic N) is 5. The van der Waals surface area contributed by atoms with Crippen molar-refractivity contribution in [3.8, 4) is 0 Å². The number of urea groups is 1. The molecule has 1 N–H and O–H groups in total. The highest BCUT2D eigenvalue weighted by Gasteiger charge is 2.49. The van der Waals surface area contributed by atoms with Gasteiger partial charge in [-0.15, -0.1) is 0 Å². The molecule has 0 saturated carbocycles. The molecule has 0 bridgehead atoms. The Labute approximate surface area is 165 Å². The number of guanidine groups is 1. The fraction of sp³-hybridized carbons (Fsp3) is 0.550. The Bertz CT molecular complexity index is 802. The van der Waals surface area contributed by atoms with Gasteiger partial charge >= 0.3 is 6.03 Å². The maximum Gasteiger partial charge on any atom is 0.325 e. The summed E-state index contributed by atoms with van der Waals surface area (Å²) >= 11 is 0. The standard InChI is InChI=1S/C20H28N6O2/c1-4-24-9-11-25(12-10-24)19-21-17-16(18(27)22-20(28)23(17)3)26(19)13-15-8-6-5-7-14(15)2/h5-8,16-17H,4,9-13H2,1-3H3,(H,22,27,28). The normalized spacial score (nSPS) is 25.7. The van der Waals surface area contributed by atoms with E-state index in [9.17, 15) is 9.59 Å². The van der Waals surface area contributed by atoms with E-state index >= 15 is 0 Å². The van der Waals surface area contributed by atoms with E-state index in [1.807, 2.05) is 12.1 Å². The van der Waals surface area contributed by atoms with Gasteiger partial charge < -0.3 is 19.6 Å². The maximum absolute atomic E-state index is 12.7. The van der Waals surface area contributed by atoms with Gasteiger partial charge in [-0.2, -0.15) is 0 Å². The zero-order valence-corrected chi connectivity index (χ0v) is 16.8. The molecule has 0 radical (unpaired) electrons. The van der Waals surface area contributed by atoms with Crippen LogP contribution in [0.25, 0.3) is 0 Å². The number of carbonyl (C=O) groups is 2. The zero-order chi connectivity index (χ0) is 19.8. The first-order valence-corrected chi connectivity index (χ1v) is 9.93. The number of imide groups is 1. The van der Waals surface area contributed by atoms with Gasteiger partial charge in [-0.3, -0.25) is 10.1 Å². The Morgan fingerprint density at radius 1 is 1.14 bits per heavy atom. The number of nitrogens with one attached hydrogen (secondary N) is 1. The summed E-state index contributed by atoms with van der Waals surface area (Å²) in [6.45, 7) is 9.58. The van der Waals surface area contributed by atoms with Crippen LogP contribution in [0.2, 0.25) is 0 Å². The number of aryl methyl sites for hydroxylation is 1. The van der Waals surface area contributed by atoms with Crippen LogP contribution in [0.4, 0.5) is 4.79 Å². The summed E-state index contributed by atoms with van der Waals surface area (Å²) in [6, 6.07) is 7.32. The van der Waals surface area contributed by atoms with Crippen LogP contribution in [0.1, 0.15) is 18.1 Å². The molecule has 2 fully saturated rings. The zero-order valence-electron chi connectivity index (χ0n) is 16.8. The molecular formula is C20H28N6O2. The molecule has 8 heteroatoms. The molecular weight excluding hydrogens is 356 g/mol. The van der Waals surface area contributed by atoms with E-state index in [0.29, 0.717) is 6.54 Å². The molecule has 3 aliphatic rings. The quantitative estimate of drug-likeness (QED) is 0.830. The number of hydrogen-bond donors (Lipinski definition) is 1. The minimum atomic E-state index is -0.499. The van der Waals surface area contributed by atoms with Gasteiger partial charge in [-0.05, 0) is 24.6 Å². The monoisotopic (exact) mass is 384 g/mol. The lowest BCUT2D eigenvalue weighted by Crippen LogP contribution is -2.64. The molecule has 2 unspecified atom stereocenters. The minimum Gasteiger partial charge on any atom is -0.340 e. The van der Waals surface area contributed by atoms with Crippen LogP contribution in [0.3, 0.4) is 0 Å². The number of carbonyl (C=O) groups excluding carboxylic acids is 2. The van der Waals surface area contributed by atoms with Crippen LogP contribution in [0, 0.1) is 6.92 Å². The highest BCUT2D eigenvalue weighted by molar-refractivity contribution is 6.03. The smallest absolute Gasteiger partial charge is 0.325 e. The summed E-state index contributed by atoms with van der Waals surface area (Å²) < 4.78 is 0. The lowest BCUT2D eigenvalue weighted by Gasteiger charge is -2.40. The molecule has 1 aromatic rings. The number of hydrogen-bond acceptors (Lipinski definition) is 6. The van der Waals surface area contributed by atoms with Gasteiger partial charge in [-0.1, -0.05) is 31.2 Å². The molecule has 3 amide bonds. The number of amides is 3. The van der Waals surface area contributed by atoms with Crippen molar-refractivity contribution in [2.75, 3.05) is 39.8 Å². The summed E-state index contributed by atoms with van der Waals surface area (Å²) in [5.74, 6) is 0.554. The van der Waals surface area contributed by atoms with Gasteiger partial charge in [0, 0.05) is 39.8 Å². The Morgan fingerprint density at radius 2 is 1.86 bits per heavy atom. The molecule has 0 spiro atoms. The first-order chi connectivity index (χ1) is 13.5. The summed E-state index contributed by atoms with van der Waals surface area (Å²) in [6.07, 6.45) is -0.482. The van der Waals surface area contributed by atoms with Crippen molar-refractivity contribution in [3.05, 3.63) is 35.4 Å². The largest absolute Gasteiger partial charge is 0.340 e.